The zero-order chi connectivity index (χ0) is 26.6. The van der Waals surface area contributed by atoms with Crippen LogP contribution < -0.4 is 15.4 Å². The van der Waals surface area contributed by atoms with Gasteiger partial charge in [0.2, 0.25) is 17.7 Å². The predicted molar refractivity (Wildman–Crippen MR) is 145 cm³/mol. The summed E-state index contributed by atoms with van der Waals surface area (Å²) in [6, 6.07) is 8.16. The number of benzene rings is 1. The van der Waals surface area contributed by atoms with E-state index in [2.05, 4.69) is 53.9 Å². The highest BCUT2D eigenvalue weighted by atomic mass is 16.5. The van der Waals surface area contributed by atoms with Crippen LogP contribution >= 0.6 is 0 Å². The molecule has 12 heteroatoms. The van der Waals surface area contributed by atoms with Gasteiger partial charge in [-0.25, -0.2) is 4.68 Å². The summed E-state index contributed by atoms with van der Waals surface area (Å²) in [6.07, 6.45) is 1.77. The Morgan fingerprint density at radius 3 is 2.58 bits per heavy atom. The number of rotatable bonds is 8. The lowest BCUT2D eigenvalue weighted by Gasteiger charge is -2.36. The molecule has 4 aromatic rings. The fourth-order valence-corrected chi connectivity index (χ4v) is 4.46. The molecule has 0 spiro atoms. The van der Waals surface area contributed by atoms with Gasteiger partial charge in [0.1, 0.15) is 12.4 Å². The van der Waals surface area contributed by atoms with Gasteiger partial charge in [-0.1, -0.05) is 5.92 Å². The summed E-state index contributed by atoms with van der Waals surface area (Å²) in [5, 5.41) is 9.67. The summed E-state index contributed by atoms with van der Waals surface area (Å²) in [7, 11) is 1.77. The number of fused-ring (bicyclic) bond motifs is 3. The van der Waals surface area contributed by atoms with Crippen molar-refractivity contribution in [2.24, 2.45) is 0 Å². The Morgan fingerprint density at radius 2 is 1.87 bits per heavy atom. The summed E-state index contributed by atoms with van der Waals surface area (Å²) in [6.45, 7) is 9.69. The molecule has 12 nitrogen and oxygen atoms in total. The fraction of sp³-hybridized carbons (Fsp3) is 0.423. The van der Waals surface area contributed by atoms with E-state index in [4.69, 9.17) is 10.5 Å². The first-order valence-corrected chi connectivity index (χ1v) is 12.7. The van der Waals surface area contributed by atoms with E-state index < -0.39 is 0 Å². The summed E-state index contributed by atoms with van der Waals surface area (Å²) in [5.74, 6) is 7.19. The van der Waals surface area contributed by atoms with E-state index in [9.17, 15) is 4.79 Å². The van der Waals surface area contributed by atoms with Crippen LogP contribution in [0.2, 0.25) is 0 Å². The van der Waals surface area contributed by atoms with Crippen LogP contribution in [0.1, 0.15) is 19.7 Å². The van der Waals surface area contributed by atoms with Crippen molar-refractivity contribution in [3.63, 3.8) is 0 Å². The third-order valence-electron chi connectivity index (χ3n) is 6.77. The molecule has 1 aromatic carbocycles. The molecule has 38 heavy (non-hydrogen) atoms. The third-order valence-corrected chi connectivity index (χ3v) is 6.77. The number of carbonyl (C=O) groups excluding carboxylic acids is 1. The van der Waals surface area contributed by atoms with Gasteiger partial charge >= 0.3 is 0 Å². The lowest BCUT2D eigenvalue weighted by atomic mass is 10.2. The average Bonchev–Trinajstić information content (AvgIpc) is 3.53. The van der Waals surface area contributed by atoms with Gasteiger partial charge in [0.05, 0.1) is 24.7 Å². The van der Waals surface area contributed by atoms with E-state index in [1.807, 2.05) is 16.8 Å². The number of amides is 1. The van der Waals surface area contributed by atoms with E-state index in [1.54, 1.807) is 32.0 Å². The molecule has 0 atom stereocenters. The second-order valence-corrected chi connectivity index (χ2v) is 9.23. The molecule has 0 saturated carbocycles. The van der Waals surface area contributed by atoms with Crippen molar-refractivity contribution >= 4 is 34.2 Å². The van der Waals surface area contributed by atoms with Gasteiger partial charge < -0.3 is 20.3 Å². The van der Waals surface area contributed by atoms with Gasteiger partial charge in [-0.3, -0.25) is 9.69 Å². The van der Waals surface area contributed by atoms with Gasteiger partial charge in [0.15, 0.2) is 11.3 Å². The summed E-state index contributed by atoms with van der Waals surface area (Å²) >= 11 is 0. The van der Waals surface area contributed by atoms with Crippen molar-refractivity contribution in [3.05, 3.63) is 36.3 Å². The lowest BCUT2D eigenvalue weighted by Crippen LogP contribution is -2.47. The van der Waals surface area contributed by atoms with Gasteiger partial charge in [0.25, 0.3) is 0 Å². The van der Waals surface area contributed by atoms with E-state index in [0.717, 1.165) is 43.9 Å². The Hall–Kier alpha value is -4.37. The number of aromatic nitrogens is 6. The number of ether oxygens (including phenoxy) is 1. The summed E-state index contributed by atoms with van der Waals surface area (Å²) in [4.78, 5) is 26.8. The van der Waals surface area contributed by atoms with Crippen LogP contribution in [-0.2, 0) is 11.3 Å². The summed E-state index contributed by atoms with van der Waals surface area (Å²) in [5.41, 5.74) is 8.64. The largest absolute Gasteiger partial charge is 0.492 e. The molecular weight excluding hydrogens is 484 g/mol. The number of hydrogen-bond acceptors (Lipinski definition) is 9. The van der Waals surface area contributed by atoms with Crippen LogP contribution in [-0.4, -0.2) is 98.0 Å². The Kier molecular flexibility index (Phi) is 7.28. The first-order valence-electron chi connectivity index (χ1n) is 12.7. The molecule has 1 aliphatic rings. The second kappa shape index (κ2) is 10.9. The molecule has 1 aliphatic heterocycles. The monoisotopic (exact) mass is 516 g/mol. The highest BCUT2D eigenvalue weighted by Gasteiger charge is 2.19. The maximum Gasteiger partial charge on any atom is 0.226 e. The standard InChI is InChI=1S/C26H32N10O2/c1-4-5-23-29-25-22-18-28-35(24(22)30-26(27)36(25)31-23)15-12-33-10-13-34(14-11-33)20-6-8-21(9-7-20)38-17-16-32(3)19(2)37/h6-9,18H,10-17H2,1-3H3,(H2,27,30). The van der Waals surface area contributed by atoms with Gasteiger partial charge in [-0.05, 0) is 37.1 Å². The van der Waals surface area contributed by atoms with Gasteiger partial charge in [-0.2, -0.15) is 19.6 Å². The fourth-order valence-electron chi connectivity index (χ4n) is 4.46. The van der Waals surface area contributed by atoms with Crippen molar-refractivity contribution in [1.82, 2.24) is 39.2 Å². The van der Waals surface area contributed by atoms with Crippen molar-refractivity contribution in [1.29, 1.82) is 0 Å². The Morgan fingerprint density at radius 1 is 1.11 bits per heavy atom. The molecule has 198 valence electrons. The number of anilines is 2. The van der Waals surface area contributed by atoms with E-state index in [1.165, 1.54) is 10.2 Å². The zero-order valence-corrected chi connectivity index (χ0v) is 22.0. The predicted octanol–water partition coefficient (Wildman–Crippen LogP) is 1.11. The van der Waals surface area contributed by atoms with Gasteiger partial charge in [-0.15, -0.1) is 5.10 Å². The quantitative estimate of drug-likeness (QED) is 0.343. The molecule has 2 N–H and O–H groups in total. The van der Waals surface area contributed by atoms with Crippen molar-refractivity contribution < 1.29 is 9.53 Å². The minimum absolute atomic E-state index is 0.0346. The van der Waals surface area contributed by atoms with Gasteiger partial charge in [0, 0.05) is 52.4 Å². The first kappa shape index (κ1) is 25.3. The Labute approximate surface area is 221 Å². The number of piperazine rings is 1. The maximum atomic E-state index is 11.3. The number of nitrogens with zero attached hydrogens (tertiary/aromatic N) is 9. The minimum Gasteiger partial charge on any atom is -0.492 e. The lowest BCUT2D eigenvalue weighted by molar-refractivity contribution is -0.127. The zero-order valence-electron chi connectivity index (χ0n) is 22.0. The highest BCUT2D eigenvalue weighted by Crippen LogP contribution is 2.22. The SMILES string of the molecule is CC#Cc1nc2c3cnn(CCN4CCN(c5ccc(OCCN(C)C(C)=O)cc5)CC4)c3nc(N)n2n1. The van der Waals surface area contributed by atoms with E-state index in [0.29, 0.717) is 36.8 Å². The summed E-state index contributed by atoms with van der Waals surface area (Å²) < 4.78 is 9.16. The van der Waals surface area contributed by atoms with Crippen LogP contribution in [0.3, 0.4) is 0 Å². The number of hydrogen-bond donors (Lipinski definition) is 1. The molecule has 4 heterocycles. The Bertz CT molecular complexity index is 1490. The number of nitrogens with two attached hydrogens (primary N) is 1. The molecule has 1 amide bonds. The maximum absolute atomic E-state index is 11.3. The smallest absolute Gasteiger partial charge is 0.226 e. The van der Waals surface area contributed by atoms with E-state index >= 15 is 0 Å². The molecule has 0 aliphatic carbocycles. The molecule has 0 bridgehead atoms. The van der Waals surface area contributed by atoms with Crippen LogP contribution in [0, 0.1) is 11.8 Å². The molecule has 3 aromatic heterocycles. The average molecular weight is 517 g/mol. The number of likely N-dealkylation sites (N-methyl/N-ethyl adjacent to an activating group) is 1. The minimum atomic E-state index is 0.0346. The molecule has 0 radical (unpaired) electrons. The molecular formula is C26H32N10O2. The Balaban J connectivity index is 1.14. The van der Waals surface area contributed by atoms with Crippen LogP contribution in [0.25, 0.3) is 16.7 Å². The van der Waals surface area contributed by atoms with E-state index in [-0.39, 0.29) is 11.9 Å². The van der Waals surface area contributed by atoms with Crippen LogP contribution in [0.5, 0.6) is 5.75 Å². The second-order valence-electron chi connectivity index (χ2n) is 9.23. The van der Waals surface area contributed by atoms with Crippen molar-refractivity contribution in [2.75, 3.05) is 63.6 Å². The number of nitrogen functional groups attached to an aromatic ring is 1. The third kappa shape index (κ3) is 5.33. The molecule has 5 rings (SSSR count). The molecule has 1 saturated heterocycles. The van der Waals surface area contributed by atoms with Crippen molar-refractivity contribution in [2.45, 2.75) is 20.4 Å². The highest BCUT2D eigenvalue weighted by molar-refractivity contribution is 5.89. The normalized spacial score (nSPS) is 14.0. The van der Waals surface area contributed by atoms with Crippen molar-refractivity contribution in [3.8, 4) is 17.6 Å². The number of carbonyl (C=O) groups is 1. The first-order chi connectivity index (χ1) is 18.4. The topological polar surface area (TPSA) is 123 Å². The molecule has 0 unspecified atom stereocenters. The molecule has 1 fully saturated rings. The van der Waals surface area contributed by atoms with Crippen LogP contribution in [0.4, 0.5) is 11.6 Å². The van der Waals surface area contributed by atoms with Crippen LogP contribution in [0.15, 0.2) is 30.5 Å².